The summed E-state index contributed by atoms with van der Waals surface area (Å²) < 4.78 is 0. The molecule has 1 fully saturated rings. The van der Waals surface area contributed by atoms with E-state index in [1.54, 1.807) is 12.1 Å². The Morgan fingerprint density at radius 2 is 1.94 bits per heavy atom. The summed E-state index contributed by atoms with van der Waals surface area (Å²) in [5.74, 6) is 4.25. The van der Waals surface area contributed by atoms with Crippen LogP contribution in [0.15, 0.2) is 30.3 Å². The van der Waals surface area contributed by atoms with Crippen molar-refractivity contribution >= 4 is 17.8 Å². The molecule has 1 aromatic rings. The Balaban J connectivity index is 1.93. The van der Waals surface area contributed by atoms with Crippen molar-refractivity contribution in [1.82, 2.24) is 15.4 Å². The lowest BCUT2D eigenvalue weighted by atomic mass is 10.1. The third kappa shape index (κ3) is 2.46. The van der Waals surface area contributed by atoms with Gasteiger partial charge in [-0.2, -0.15) is 5.01 Å². The van der Waals surface area contributed by atoms with Crippen LogP contribution in [0.3, 0.4) is 0 Å². The number of urea groups is 1. The lowest BCUT2D eigenvalue weighted by Crippen LogP contribution is -2.46. The van der Waals surface area contributed by atoms with E-state index in [0.717, 1.165) is 10.6 Å². The van der Waals surface area contributed by atoms with Crippen molar-refractivity contribution in [3.63, 3.8) is 0 Å². The SMILES string of the molecule is NN1C(=O)CN(NC(=O)Cc2ccccc2)C1=O. The number of amides is 4. The van der Waals surface area contributed by atoms with Gasteiger partial charge in [-0.25, -0.2) is 15.6 Å². The van der Waals surface area contributed by atoms with E-state index in [4.69, 9.17) is 5.84 Å². The quantitative estimate of drug-likeness (QED) is 0.424. The molecule has 0 unspecified atom stereocenters. The predicted octanol–water partition coefficient (Wildman–Crippen LogP) is -0.602. The van der Waals surface area contributed by atoms with Crippen molar-refractivity contribution in [2.24, 2.45) is 5.84 Å². The molecule has 1 heterocycles. The van der Waals surface area contributed by atoms with E-state index in [0.29, 0.717) is 5.01 Å². The summed E-state index contributed by atoms with van der Waals surface area (Å²) in [6.07, 6.45) is 0.128. The van der Waals surface area contributed by atoms with E-state index in [9.17, 15) is 14.4 Å². The van der Waals surface area contributed by atoms with Gasteiger partial charge in [0.25, 0.3) is 5.91 Å². The van der Waals surface area contributed by atoms with Gasteiger partial charge in [-0.15, -0.1) is 0 Å². The van der Waals surface area contributed by atoms with Crippen LogP contribution in [0.5, 0.6) is 0 Å². The molecule has 1 saturated heterocycles. The lowest BCUT2D eigenvalue weighted by Gasteiger charge is -2.15. The highest BCUT2D eigenvalue weighted by Gasteiger charge is 2.35. The number of benzene rings is 1. The molecule has 0 radical (unpaired) electrons. The molecule has 0 aromatic heterocycles. The zero-order valence-electron chi connectivity index (χ0n) is 9.50. The first-order valence-corrected chi connectivity index (χ1v) is 5.30. The number of carbonyl (C=O) groups is 3. The monoisotopic (exact) mass is 248 g/mol. The van der Waals surface area contributed by atoms with Gasteiger partial charge in [-0.05, 0) is 5.56 Å². The van der Waals surface area contributed by atoms with Crippen LogP contribution in [0.2, 0.25) is 0 Å². The van der Waals surface area contributed by atoms with Crippen LogP contribution in [-0.2, 0) is 16.0 Å². The molecule has 94 valence electrons. The summed E-state index contributed by atoms with van der Waals surface area (Å²) in [4.78, 5) is 34.2. The van der Waals surface area contributed by atoms with Crippen molar-refractivity contribution in [2.45, 2.75) is 6.42 Å². The number of rotatable bonds is 3. The van der Waals surface area contributed by atoms with Crippen LogP contribution in [0.25, 0.3) is 0 Å². The highest BCUT2D eigenvalue weighted by atomic mass is 16.2. The van der Waals surface area contributed by atoms with Gasteiger partial charge in [0, 0.05) is 0 Å². The van der Waals surface area contributed by atoms with Gasteiger partial charge in [0.15, 0.2) is 0 Å². The van der Waals surface area contributed by atoms with E-state index in [1.165, 1.54) is 0 Å². The molecule has 3 N–H and O–H groups in total. The van der Waals surface area contributed by atoms with E-state index in [2.05, 4.69) is 5.43 Å². The second kappa shape index (κ2) is 4.84. The molecule has 18 heavy (non-hydrogen) atoms. The summed E-state index contributed by atoms with van der Waals surface area (Å²) in [5, 5.41) is 1.37. The molecule has 0 saturated carbocycles. The predicted molar refractivity (Wildman–Crippen MR) is 61.4 cm³/mol. The molecule has 0 aliphatic carbocycles. The van der Waals surface area contributed by atoms with Gasteiger partial charge < -0.3 is 0 Å². The lowest BCUT2D eigenvalue weighted by molar-refractivity contribution is -0.126. The Morgan fingerprint density at radius 1 is 1.28 bits per heavy atom. The molecule has 0 spiro atoms. The minimum Gasteiger partial charge on any atom is -0.273 e. The Bertz CT molecular complexity index is 488. The van der Waals surface area contributed by atoms with E-state index in [-0.39, 0.29) is 18.9 Å². The number of nitrogens with zero attached hydrogens (tertiary/aromatic N) is 2. The first-order chi connectivity index (χ1) is 8.58. The third-order valence-corrected chi connectivity index (χ3v) is 2.47. The van der Waals surface area contributed by atoms with E-state index >= 15 is 0 Å². The fourth-order valence-electron chi connectivity index (χ4n) is 1.57. The number of hydrogen-bond donors (Lipinski definition) is 2. The van der Waals surface area contributed by atoms with Crippen LogP contribution in [-0.4, -0.2) is 34.4 Å². The highest BCUT2D eigenvalue weighted by Crippen LogP contribution is 2.04. The molecule has 2 rings (SSSR count). The van der Waals surface area contributed by atoms with Crippen LogP contribution in [0, 0.1) is 0 Å². The van der Waals surface area contributed by atoms with Gasteiger partial charge in [0.1, 0.15) is 6.54 Å². The van der Waals surface area contributed by atoms with Crippen LogP contribution in [0.1, 0.15) is 5.56 Å². The van der Waals surface area contributed by atoms with E-state index < -0.39 is 11.9 Å². The number of imide groups is 1. The Hall–Kier alpha value is -2.41. The summed E-state index contributed by atoms with van der Waals surface area (Å²) in [6.45, 7) is -0.240. The van der Waals surface area contributed by atoms with Gasteiger partial charge in [0.05, 0.1) is 6.42 Å². The zero-order chi connectivity index (χ0) is 13.1. The average molecular weight is 248 g/mol. The Morgan fingerprint density at radius 3 is 2.50 bits per heavy atom. The smallest absolute Gasteiger partial charge is 0.273 e. The molecule has 1 aliphatic heterocycles. The van der Waals surface area contributed by atoms with Crippen LogP contribution < -0.4 is 11.3 Å². The molecular formula is C11H12N4O3. The summed E-state index contributed by atoms with van der Waals surface area (Å²) >= 11 is 0. The first-order valence-electron chi connectivity index (χ1n) is 5.30. The zero-order valence-corrected chi connectivity index (χ0v) is 9.50. The molecule has 1 aromatic carbocycles. The largest absolute Gasteiger partial charge is 0.360 e. The Kier molecular flexibility index (Phi) is 3.24. The maximum absolute atomic E-state index is 11.7. The van der Waals surface area contributed by atoms with Gasteiger partial charge in [-0.1, -0.05) is 30.3 Å². The minimum atomic E-state index is -0.735. The van der Waals surface area contributed by atoms with Gasteiger partial charge in [0.2, 0.25) is 5.91 Å². The molecule has 0 atom stereocenters. The van der Waals surface area contributed by atoms with E-state index in [1.807, 2.05) is 18.2 Å². The van der Waals surface area contributed by atoms with Crippen LogP contribution in [0.4, 0.5) is 4.79 Å². The molecule has 1 aliphatic rings. The van der Waals surface area contributed by atoms with Gasteiger partial charge >= 0.3 is 6.03 Å². The Labute approximate surface area is 103 Å². The van der Waals surface area contributed by atoms with Crippen molar-refractivity contribution in [3.05, 3.63) is 35.9 Å². The molecule has 0 bridgehead atoms. The summed E-state index contributed by atoms with van der Waals surface area (Å²) in [5.41, 5.74) is 3.16. The fourth-order valence-corrected chi connectivity index (χ4v) is 1.57. The highest BCUT2D eigenvalue weighted by molar-refractivity contribution is 6.01. The normalized spacial score (nSPS) is 15.2. The van der Waals surface area contributed by atoms with Gasteiger partial charge in [-0.3, -0.25) is 15.0 Å². The number of hydrogen-bond acceptors (Lipinski definition) is 4. The number of nitrogens with two attached hydrogens (primary N) is 1. The minimum absolute atomic E-state index is 0.128. The van der Waals surface area contributed by atoms with Crippen molar-refractivity contribution in [3.8, 4) is 0 Å². The van der Waals surface area contributed by atoms with Crippen molar-refractivity contribution in [1.29, 1.82) is 0 Å². The molecular weight excluding hydrogens is 236 g/mol. The maximum atomic E-state index is 11.7. The fraction of sp³-hybridized carbons (Fsp3) is 0.182. The number of nitrogens with one attached hydrogen (secondary N) is 1. The van der Waals surface area contributed by atoms with Crippen molar-refractivity contribution in [2.75, 3.05) is 6.54 Å². The third-order valence-electron chi connectivity index (χ3n) is 2.47. The van der Waals surface area contributed by atoms with Crippen molar-refractivity contribution < 1.29 is 14.4 Å². The number of carbonyl (C=O) groups excluding carboxylic acids is 3. The van der Waals surface area contributed by atoms with Crippen LogP contribution >= 0.6 is 0 Å². The summed E-state index contributed by atoms with van der Waals surface area (Å²) in [6, 6.07) is 8.33. The average Bonchev–Trinajstić information content (AvgIpc) is 2.58. The topological polar surface area (TPSA) is 95.7 Å². The second-order valence-corrected chi connectivity index (χ2v) is 3.83. The maximum Gasteiger partial charge on any atom is 0.360 e. The molecule has 4 amide bonds. The molecule has 7 nitrogen and oxygen atoms in total. The second-order valence-electron chi connectivity index (χ2n) is 3.83. The first kappa shape index (κ1) is 12.1. The number of hydrazine groups is 2. The summed E-state index contributed by atoms with van der Waals surface area (Å²) in [7, 11) is 0. The molecule has 7 heteroatoms. The standard InChI is InChI=1S/C11H12N4O3/c12-15-10(17)7-14(11(15)18)13-9(16)6-8-4-2-1-3-5-8/h1-5H,6-7,12H2,(H,13,16).